The summed E-state index contributed by atoms with van der Waals surface area (Å²) in [6, 6.07) is 50.1. The van der Waals surface area contributed by atoms with Gasteiger partial charge >= 0.3 is 0 Å². The molecule has 0 spiro atoms. The molecule has 43 heavy (non-hydrogen) atoms. The number of para-hydroxylation sites is 2. The second-order valence-corrected chi connectivity index (χ2v) is 12.0. The van der Waals surface area contributed by atoms with Gasteiger partial charge < -0.3 is 4.57 Å². The van der Waals surface area contributed by atoms with Crippen LogP contribution in [0.5, 0.6) is 0 Å². The first kappa shape index (κ1) is 25.5. The Balaban J connectivity index is 1.25. The van der Waals surface area contributed by atoms with Crippen LogP contribution in [0.2, 0.25) is 0 Å². The maximum absolute atomic E-state index is 4.37. The molecule has 0 aliphatic heterocycles. The van der Waals surface area contributed by atoms with Crippen LogP contribution in [0.1, 0.15) is 5.69 Å². The first-order valence-electron chi connectivity index (χ1n) is 14.5. The lowest BCUT2D eigenvalue weighted by molar-refractivity contribution is 1.06. The Labute approximate surface area is 254 Å². The molecule has 0 aliphatic rings. The Morgan fingerprint density at radius 1 is 0.558 bits per heavy atom. The standard InChI is InChI=1S/C40H28N2S/c1-26-40(33-13-6-8-14-36(33)41-2)35-25-29(20-22-37(35)42(26)31-10-4-3-5-11-31)27-16-18-28(19-17-27)30-21-23-39-34(24-30)32-12-7-9-15-38(32)43-39/h3-25H,2H2,1H3. The van der Waals surface area contributed by atoms with Gasteiger partial charge in [-0.25, -0.2) is 0 Å². The van der Waals surface area contributed by atoms with Crippen LogP contribution >= 0.6 is 11.3 Å². The molecular weight excluding hydrogens is 541 g/mol. The van der Waals surface area contributed by atoms with E-state index in [1.165, 1.54) is 64.6 Å². The van der Waals surface area contributed by atoms with Gasteiger partial charge in [0.2, 0.25) is 0 Å². The molecule has 0 radical (unpaired) electrons. The summed E-state index contributed by atoms with van der Waals surface area (Å²) in [6.07, 6.45) is 0. The lowest BCUT2D eigenvalue weighted by atomic mass is 9.96. The topological polar surface area (TPSA) is 17.3 Å². The Bertz CT molecular complexity index is 2300. The maximum Gasteiger partial charge on any atom is 0.0701 e. The van der Waals surface area contributed by atoms with Crippen LogP contribution < -0.4 is 0 Å². The van der Waals surface area contributed by atoms with Gasteiger partial charge in [-0.3, -0.25) is 4.99 Å². The van der Waals surface area contributed by atoms with Crippen molar-refractivity contribution in [3.8, 4) is 39.1 Å². The minimum Gasteiger partial charge on any atom is -0.313 e. The van der Waals surface area contributed by atoms with Crippen molar-refractivity contribution in [1.29, 1.82) is 0 Å². The normalized spacial score (nSPS) is 11.5. The fourth-order valence-electron chi connectivity index (χ4n) is 6.43. The van der Waals surface area contributed by atoms with E-state index in [9.17, 15) is 0 Å². The van der Waals surface area contributed by atoms with E-state index in [0.717, 1.165) is 16.9 Å². The van der Waals surface area contributed by atoms with Crippen molar-refractivity contribution in [3.63, 3.8) is 0 Å². The van der Waals surface area contributed by atoms with Crippen molar-refractivity contribution < 1.29 is 0 Å². The second kappa shape index (κ2) is 10.2. The van der Waals surface area contributed by atoms with E-state index < -0.39 is 0 Å². The van der Waals surface area contributed by atoms with Crippen LogP contribution in [0.25, 0.3) is 70.1 Å². The van der Waals surface area contributed by atoms with Crippen molar-refractivity contribution in [2.24, 2.45) is 4.99 Å². The van der Waals surface area contributed by atoms with E-state index >= 15 is 0 Å². The lowest BCUT2D eigenvalue weighted by Crippen LogP contribution is -1.96. The van der Waals surface area contributed by atoms with Crippen molar-refractivity contribution in [2.45, 2.75) is 6.92 Å². The van der Waals surface area contributed by atoms with Crippen LogP contribution in [0.15, 0.2) is 145 Å². The number of nitrogens with zero attached hydrogens (tertiary/aromatic N) is 2. The van der Waals surface area contributed by atoms with Gasteiger partial charge in [0.05, 0.1) is 11.2 Å². The number of rotatable bonds is 5. The van der Waals surface area contributed by atoms with E-state index in [4.69, 9.17) is 0 Å². The summed E-state index contributed by atoms with van der Waals surface area (Å²) in [5, 5.41) is 3.86. The summed E-state index contributed by atoms with van der Waals surface area (Å²) in [5.41, 5.74) is 11.5. The number of thiophene rings is 1. The van der Waals surface area contributed by atoms with Gasteiger partial charge in [-0.05, 0) is 84.4 Å². The number of aliphatic imine (C=N–C) groups is 1. The van der Waals surface area contributed by atoms with Crippen LogP contribution in [0, 0.1) is 6.92 Å². The van der Waals surface area contributed by atoms with Crippen molar-refractivity contribution in [2.75, 3.05) is 0 Å². The molecule has 0 unspecified atom stereocenters. The fourth-order valence-corrected chi connectivity index (χ4v) is 7.52. The van der Waals surface area contributed by atoms with Crippen molar-refractivity contribution >= 4 is 54.8 Å². The van der Waals surface area contributed by atoms with Gasteiger partial charge in [0, 0.05) is 48.1 Å². The van der Waals surface area contributed by atoms with E-state index in [0.29, 0.717) is 0 Å². The number of fused-ring (bicyclic) bond motifs is 4. The molecular formula is C40H28N2S. The quantitative estimate of drug-likeness (QED) is 0.184. The molecule has 2 aromatic heterocycles. The first-order chi connectivity index (χ1) is 21.2. The molecule has 0 atom stereocenters. The number of benzene rings is 6. The predicted molar refractivity (Wildman–Crippen MR) is 186 cm³/mol. The predicted octanol–water partition coefficient (Wildman–Crippen LogP) is 11.6. The minimum atomic E-state index is 0.892. The monoisotopic (exact) mass is 568 g/mol. The van der Waals surface area contributed by atoms with Crippen LogP contribution in [-0.2, 0) is 0 Å². The number of aromatic nitrogens is 1. The molecule has 0 aliphatic carbocycles. The molecule has 0 amide bonds. The Morgan fingerprint density at radius 3 is 1.93 bits per heavy atom. The molecule has 0 saturated carbocycles. The van der Waals surface area contributed by atoms with E-state index in [-0.39, 0.29) is 0 Å². The molecule has 204 valence electrons. The minimum absolute atomic E-state index is 0.892. The SMILES string of the molecule is C=Nc1ccccc1-c1c(C)n(-c2ccccc2)c2ccc(-c3ccc(-c4ccc5sc6ccccc6c5c4)cc3)cc12. The van der Waals surface area contributed by atoms with Crippen molar-refractivity contribution in [3.05, 3.63) is 145 Å². The second-order valence-electron chi connectivity index (χ2n) is 10.9. The van der Waals surface area contributed by atoms with Crippen molar-refractivity contribution in [1.82, 2.24) is 4.57 Å². The zero-order valence-electron chi connectivity index (χ0n) is 23.8. The highest BCUT2D eigenvalue weighted by atomic mass is 32.1. The highest BCUT2D eigenvalue weighted by Gasteiger charge is 2.19. The van der Waals surface area contributed by atoms with Crippen LogP contribution in [0.3, 0.4) is 0 Å². The third-order valence-electron chi connectivity index (χ3n) is 8.49. The summed E-state index contributed by atoms with van der Waals surface area (Å²) in [5.74, 6) is 0. The molecule has 0 N–H and O–H groups in total. The largest absolute Gasteiger partial charge is 0.313 e. The number of hydrogen-bond acceptors (Lipinski definition) is 2. The number of hydrogen-bond donors (Lipinski definition) is 0. The van der Waals surface area contributed by atoms with Gasteiger partial charge in [0.25, 0.3) is 0 Å². The fraction of sp³-hybridized carbons (Fsp3) is 0.0250. The molecule has 3 heteroatoms. The smallest absolute Gasteiger partial charge is 0.0701 e. The van der Waals surface area contributed by atoms with Gasteiger partial charge in [-0.1, -0.05) is 91.0 Å². The molecule has 0 bridgehead atoms. The Kier molecular flexibility index (Phi) is 6.06. The maximum atomic E-state index is 4.37. The molecule has 8 rings (SSSR count). The summed E-state index contributed by atoms with van der Waals surface area (Å²) < 4.78 is 5.01. The zero-order chi connectivity index (χ0) is 28.9. The Morgan fingerprint density at radius 2 is 1.16 bits per heavy atom. The summed E-state index contributed by atoms with van der Waals surface area (Å²) >= 11 is 1.86. The molecule has 2 heterocycles. The first-order valence-corrected chi connectivity index (χ1v) is 15.3. The van der Waals surface area contributed by atoms with Gasteiger partial charge in [0.15, 0.2) is 0 Å². The molecule has 6 aromatic carbocycles. The third kappa shape index (κ3) is 4.20. The van der Waals surface area contributed by atoms with E-state index in [1.807, 2.05) is 23.5 Å². The molecule has 8 aromatic rings. The summed E-state index contributed by atoms with van der Waals surface area (Å²) in [4.78, 5) is 4.37. The summed E-state index contributed by atoms with van der Waals surface area (Å²) in [7, 11) is 0. The van der Waals surface area contributed by atoms with Crippen LogP contribution in [0.4, 0.5) is 5.69 Å². The van der Waals surface area contributed by atoms with Gasteiger partial charge in [-0.15, -0.1) is 11.3 Å². The third-order valence-corrected chi connectivity index (χ3v) is 9.64. The molecule has 0 saturated heterocycles. The highest BCUT2D eigenvalue weighted by molar-refractivity contribution is 7.25. The molecule has 0 fully saturated rings. The summed E-state index contributed by atoms with van der Waals surface area (Å²) in [6.45, 7) is 6.06. The highest BCUT2D eigenvalue weighted by Crippen LogP contribution is 2.42. The lowest BCUT2D eigenvalue weighted by Gasteiger charge is -2.10. The van der Waals surface area contributed by atoms with E-state index in [2.05, 4.69) is 151 Å². The molecule has 2 nitrogen and oxygen atoms in total. The average Bonchev–Trinajstić information content (AvgIpc) is 3.58. The van der Waals surface area contributed by atoms with E-state index in [1.54, 1.807) is 0 Å². The van der Waals surface area contributed by atoms with Gasteiger partial charge in [-0.2, -0.15) is 0 Å². The Hall–Kier alpha value is -5.25. The average molecular weight is 569 g/mol. The zero-order valence-corrected chi connectivity index (χ0v) is 24.6. The van der Waals surface area contributed by atoms with Crippen LogP contribution in [-0.4, -0.2) is 11.3 Å². The van der Waals surface area contributed by atoms with Gasteiger partial charge in [0.1, 0.15) is 0 Å².